The molecule has 0 radical (unpaired) electrons. The minimum absolute atomic E-state index is 0.00462. The Morgan fingerprint density at radius 3 is 2.91 bits per heavy atom. The van der Waals surface area contributed by atoms with E-state index in [4.69, 9.17) is 10.00 Å². The van der Waals surface area contributed by atoms with Crippen LogP contribution in [0.25, 0.3) is 0 Å². The molecule has 2 rings (SSSR count). The maximum absolute atomic E-state index is 13.0. The number of amides is 1. The van der Waals surface area contributed by atoms with Crippen LogP contribution in [0.1, 0.15) is 18.1 Å². The highest BCUT2D eigenvalue weighted by atomic mass is 19.1. The third-order valence-electron chi connectivity index (χ3n) is 3.74. The molecule has 1 saturated heterocycles. The molecule has 0 saturated carbocycles. The van der Waals surface area contributed by atoms with Gasteiger partial charge < -0.3 is 9.64 Å². The zero-order chi connectivity index (χ0) is 15.9. The second-order valence-electron chi connectivity index (χ2n) is 5.37. The predicted molar refractivity (Wildman–Crippen MR) is 79.4 cm³/mol. The lowest BCUT2D eigenvalue weighted by Crippen LogP contribution is -2.44. The van der Waals surface area contributed by atoms with Crippen LogP contribution in [-0.2, 0) is 9.53 Å². The topological polar surface area (TPSA) is 56.6 Å². The van der Waals surface area contributed by atoms with E-state index in [1.165, 1.54) is 12.1 Å². The number of hydrogen-bond donors (Lipinski definition) is 0. The summed E-state index contributed by atoms with van der Waals surface area (Å²) < 4.78 is 18.7. The van der Waals surface area contributed by atoms with E-state index in [0.717, 1.165) is 5.56 Å². The van der Waals surface area contributed by atoms with Gasteiger partial charge in [-0.15, -0.1) is 0 Å². The highest BCUT2D eigenvalue weighted by Gasteiger charge is 2.24. The van der Waals surface area contributed by atoms with Gasteiger partial charge in [0.05, 0.1) is 31.7 Å². The second-order valence-corrected chi connectivity index (χ2v) is 5.37. The molecule has 6 heteroatoms. The summed E-state index contributed by atoms with van der Waals surface area (Å²) >= 11 is 0. The molecule has 5 nitrogen and oxygen atoms in total. The number of rotatable bonds is 5. The summed E-state index contributed by atoms with van der Waals surface area (Å²) in [7, 11) is 1.71. The lowest BCUT2D eigenvalue weighted by molar-refractivity contribution is -0.133. The predicted octanol–water partition coefficient (Wildman–Crippen LogP) is 1.57. The minimum atomic E-state index is -0.272. The first-order chi connectivity index (χ1) is 10.6. The van der Waals surface area contributed by atoms with E-state index in [0.29, 0.717) is 39.2 Å². The van der Waals surface area contributed by atoms with Gasteiger partial charge in [0.15, 0.2) is 0 Å². The molecule has 0 aromatic heterocycles. The standard InChI is InChI=1S/C16H20FN3O2/c1-19(8-2-7-18)16(21)12-20-9-10-22-15(11-20)13-3-5-14(17)6-4-13/h3-6,15H,2,8-12H2,1H3/t15-/m0/s1. The van der Waals surface area contributed by atoms with Crippen molar-refractivity contribution in [2.24, 2.45) is 0 Å². The monoisotopic (exact) mass is 305 g/mol. The van der Waals surface area contributed by atoms with Crippen molar-refractivity contribution in [3.8, 4) is 6.07 Å². The number of benzene rings is 1. The number of likely N-dealkylation sites (N-methyl/N-ethyl adjacent to an activating group) is 1. The second kappa shape index (κ2) is 7.87. The molecule has 0 N–H and O–H groups in total. The molecule has 1 amide bonds. The van der Waals surface area contributed by atoms with Crippen LogP contribution in [0.5, 0.6) is 0 Å². The number of carbonyl (C=O) groups excluding carboxylic acids is 1. The van der Waals surface area contributed by atoms with Crippen molar-refractivity contribution in [3.05, 3.63) is 35.6 Å². The molecule has 1 aromatic rings. The summed E-state index contributed by atoms with van der Waals surface area (Å²) in [5.41, 5.74) is 0.913. The van der Waals surface area contributed by atoms with E-state index in [1.54, 1.807) is 24.1 Å². The lowest BCUT2D eigenvalue weighted by atomic mass is 10.1. The van der Waals surface area contributed by atoms with Crippen LogP contribution in [0.4, 0.5) is 4.39 Å². The Morgan fingerprint density at radius 2 is 2.23 bits per heavy atom. The number of hydrogen-bond acceptors (Lipinski definition) is 4. The first-order valence-corrected chi connectivity index (χ1v) is 7.30. The number of morpholine rings is 1. The highest BCUT2D eigenvalue weighted by molar-refractivity contribution is 5.78. The van der Waals surface area contributed by atoms with Crippen LogP contribution in [-0.4, -0.2) is 55.5 Å². The van der Waals surface area contributed by atoms with Gasteiger partial charge in [0.25, 0.3) is 0 Å². The summed E-state index contributed by atoms with van der Waals surface area (Å²) in [5, 5.41) is 8.56. The fourth-order valence-electron chi connectivity index (χ4n) is 2.38. The smallest absolute Gasteiger partial charge is 0.236 e. The minimum Gasteiger partial charge on any atom is -0.371 e. The van der Waals surface area contributed by atoms with Crippen LogP contribution < -0.4 is 0 Å². The Morgan fingerprint density at radius 1 is 1.50 bits per heavy atom. The molecule has 118 valence electrons. The molecule has 0 spiro atoms. The highest BCUT2D eigenvalue weighted by Crippen LogP contribution is 2.22. The van der Waals surface area contributed by atoms with Crippen LogP contribution in [0.15, 0.2) is 24.3 Å². The van der Waals surface area contributed by atoms with Crippen LogP contribution in [0.2, 0.25) is 0 Å². The summed E-state index contributed by atoms with van der Waals surface area (Å²) in [6, 6.07) is 8.29. The van der Waals surface area contributed by atoms with Crippen LogP contribution >= 0.6 is 0 Å². The average Bonchev–Trinajstić information content (AvgIpc) is 2.53. The van der Waals surface area contributed by atoms with E-state index in [2.05, 4.69) is 0 Å². The van der Waals surface area contributed by atoms with Crippen molar-refractivity contribution in [2.45, 2.75) is 12.5 Å². The van der Waals surface area contributed by atoms with E-state index in [-0.39, 0.29) is 17.8 Å². The maximum atomic E-state index is 13.0. The van der Waals surface area contributed by atoms with Gasteiger partial charge in [-0.2, -0.15) is 5.26 Å². The largest absolute Gasteiger partial charge is 0.371 e. The number of nitriles is 1. The van der Waals surface area contributed by atoms with Gasteiger partial charge in [-0.25, -0.2) is 4.39 Å². The Hall–Kier alpha value is -1.97. The van der Waals surface area contributed by atoms with E-state index >= 15 is 0 Å². The Balaban J connectivity index is 1.89. The number of halogens is 1. The number of ether oxygens (including phenoxy) is 1. The van der Waals surface area contributed by atoms with Gasteiger partial charge in [0, 0.05) is 26.7 Å². The van der Waals surface area contributed by atoms with Crippen molar-refractivity contribution in [2.75, 3.05) is 39.8 Å². The molecule has 1 aliphatic heterocycles. The molecule has 1 aromatic carbocycles. The van der Waals surface area contributed by atoms with Crippen molar-refractivity contribution in [1.29, 1.82) is 5.26 Å². The third kappa shape index (κ3) is 4.52. The molecule has 1 heterocycles. The summed E-state index contributed by atoms with van der Waals surface area (Å²) in [4.78, 5) is 15.7. The summed E-state index contributed by atoms with van der Waals surface area (Å²) in [5.74, 6) is -0.277. The van der Waals surface area contributed by atoms with Gasteiger partial charge in [-0.3, -0.25) is 9.69 Å². The first-order valence-electron chi connectivity index (χ1n) is 7.30. The van der Waals surface area contributed by atoms with Crippen LogP contribution in [0.3, 0.4) is 0 Å². The molecular weight excluding hydrogens is 285 g/mol. The van der Waals surface area contributed by atoms with Crippen LogP contribution in [0, 0.1) is 17.1 Å². The van der Waals surface area contributed by atoms with Crippen molar-refractivity contribution < 1.29 is 13.9 Å². The van der Waals surface area contributed by atoms with Gasteiger partial charge in [-0.1, -0.05) is 12.1 Å². The molecule has 22 heavy (non-hydrogen) atoms. The van der Waals surface area contributed by atoms with Gasteiger partial charge >= 0.3 is 0 Å². The number of carbonyl (C=O) groups is 1. The Kier molecular flexibility index (Phi) is 5.87. The first kappa shape index (κ1) is 16.4. The fraction of sp³-hybridized carbons (Fsp3) is 0.500. The zero-order valence-corrected chi connectivity index (χ0v) is 12.7. The normalized spacial score (nSPS) is 18.7. The molecule has 0 unspecified atom stereocenters. The fourth-order valence-corrected chi connectivity index (χ4v) is 2.38. The molecule has 0 aliphatic carbocycles. The van der Waals surface area contributed by atoms with Crippen molar-refractivity contribution >= 4 is 5.91 Å². The maximum Gasteiger partial charge on any atom is 0.236 e. The quantitative estimate of drug-likeness (QED) is 0.828. The van der Waals surface area contributed by atoms with Gasteiger partial charge in [0.2, 0.25) is 5.91 Å². The van der Waals surface area contributed by atoms with Crippen molar-refractivity contribution in [3.63, 3.8) is 0 Å². The molecule has 1 aliphatic rings. The SMILES string of the molecule is CN(CCC#N)C(=O)CN1CCO[C@H](c2ccc(F)cc2)C1. The Labute approximate surface area is 129 Å². The molecule has 1 atom stereocenters. The summed E-state index contributed by atoms with van der Waals surface area (Å²) in [6.07, 6.45) is 0.190. The summed E-state index contributed by atoms with van der Waals surface area (Å²) in [6.45, 7) is 2.58. The van der Waals surface area contributed by atoms with Gasteiger partial charge in [0.1, 0.15) is 5.82 Å². The average molecular weight is 305 g/mol. The molecule has 1 fully saturated rings. The lowest BCUT2D eigenvalue weighted by Gasteiger charge is -2.33. The molecule has 0 bridgehead atoms. The van der Waals surface area contributed by atoms with Gasteiger partial charge in [-0.05, 0) is 17.7 Å². The third-order valence-corrected chi connectivity index (χ3v) is 3.74. The number of nitrogens with zero attached hydrogens (tertiary/aromatic N) is 3. The molecular formula is C16H20FN3O2. The van der Waals surface area contributed by atoms with E-state index in [9.17, 15) is 9.18 Å². The Bertz CT molecular complexity index is 541. The van der Waals surface area contributed by atoms with E-state index in [1.807, 2.05) is 11.0 Å². The van der Waals surface area contributed by atoms with Crippen molar-refractivity contribution in [1.82, 2.24) is 9.80 Å². The van der Waals surface area contributed by atoms with E-state index < -0.39 is 0 Å². The zero-order valence-electron chi connectivity index (χ0n) is 12.7.